The Morgan fingerprint density at radius 3 is 2.32 bits per heavy atom. The maximum Gasteiger partial charge on any atom is 0.141 e. The van der Waals surface area contributed by atoms with Crippen LogP contribution in [-0.4, -0.2) is 9.97 Å². The molecule has 3 nitrogen and oxygen atoms in total. The quantitative estimate of drug-likeness (QED) is 0.621. The number of hydrogen-bond donors (Lipinski definition) is 1. The Morgan fingerprint density at radius 2 is 1.71 bits per heavy atom. The highest BCUT2D eigenvalue weighted by molar-refractivity contribution is 5.62. The monoisotopic (exact) mass is 375 g/mol. The number of rotatable bonds is 6. The van der Waals surface area contributed by atoms with Crippen molar-refractivity contribution in [3.63, 3.8) is 0 Å². The summed E-state index contributed by atoms with van der Waals surface area (Å²) < 4.78 is 15.6. The molecular formula is C24H26FN3. The zero-order valence-corrected chi connectivity index (χ0v) is 16.3. The molecule has 0 atom stereocenters. The van der Waals surface area contributed by atoms with Gasteiger partial charge in [0.2, 0.25) is 0 Å². The molecule has 1 aliphatic rings. The first-order valence-corrected chi connectivity index (χ1v) is 10.1. The van der Waals surface area contributed by atoms with Gasteiger partial charge in [-0.15, -0.1) is 0 Å². The van der Waals surface area contributed by atoms with Gasteiger partial charge in [-0.25, -0.2) is 9.37 Å². The van der Waals surface area contributed by atoms with E-state index in [9.17, 15) is 0 Å². The van der Waals surface area contributed by atoms with E-state index >= 15 is 4.39 Å². The summed E-state index contributed by atoms with van der Waals surface area (Å²) in [5, 5.41) is 0. The third kappa shape index (κ3) is 3.77. The van der Waals surface area contributed by atoms with Gasteiger partial charge < -0.3 is 5.73 Å². The lowest BCUT2D eigenvalue weighted by molar-refractivity contribution is 0.414. The number of aryl methyl sites for hydroxylation is 2. The van der Waals surface area contributed by atoms with Crippen LogP contribution in [-0.2, 0) is 19.3 Å². The second-order valence-corrected chi connectivity index (χ2v) is 7.62. The average Bonchev–Trinajstić information content (AvgIpc) is 2.68. The molecule has 4 rings (SSSR count). The van der Waals surface area contributed by atoms with E-state index in [2.05, 4.69) is 47.2 Å². The van der Waals surface area contributed by atoms with Crippen LogP contribution in [0.3, 0.4) is 0 Å². The lowest BCUT2D eigenvalue weighted by atomic mass is 9.77. The third-order valence-electron chi connectivity index (χ3n) is 5.87. The van der Waals surface area contributed by atoms with Crippen molar-refractivity contribution in [1.29, 1.82) is 0 Å². The normalized spacial score (nSPS) is 14.1. The molecule has 1 aliphatic carbocycles. The summed E-state index contributed by atoms with van der Waals surface area (Å²) >= 11 is 0. The molecule has 0 amide bonds. The maximum atomic E-state index is 15.6. The standard InChI is InChI=1S/C24H26FN3/c1-2-16-6-8-17(9-7-16)10-11-20-19(18-4-3-5-18)12-13-21(24(20)25)22-14-28-23(26)15-27-22/h6-9,12-15,18H,2-5,10-11H2,1H3,(H2,26,28). The Kier molecular flexibility index (Phi) is 5.38. The van der Waals surface area contributed by atoms with E-state index in [0.29, 0.717) is 29.4 Å². The van der Waals surface area contributed by atoms with Crippen LogP contribution in [0.5, 0.6) is 0 Å². The molecule has 3 aromatic rings. The first kappa shape index (κ1) is 18.6. The van der Waals surface area contributed by atoms with Crippen LogP contribution in [0.2, 0.25) is 0 Å². The molecule has 1 fully saturated rings. The minimum atomic E-state index is -0.159. The van der Waals surface area contributed by atoms with Gasteiger partial charge in [-0.3, -0.25) is 4.98 Å². The van der Waals surface area contributed by atoms with E-state index in [-0.39, 0.29) is 5.82 Å². The predicted molar refractivity (Wildman–Crippen MR) is 112 cm³/mol. The molecule has 0 saturated heterocycles. The Balaban J connectivity index is 1.65. The van der Waals surface area contributed by atoms with Crippen molar-refractivity contribution in [2.45, 2.75) is 51.4 Å². The highest BCUT2D eigenvalue weighted by atomic mass is 19.1. The Hall–Kier alpha value is -2.75. The van der Waals surface area contributed by atoms with Crippen LogP contribution >= 0.6 is 0 Å². The summed E-state index contributed by atoms with van der Waals surface area (Å²) in [5.74, 6) is 0.665. The second-order valence-electron chi connectivity index (χ2n) is 7.62. The van der Waals surface area contributed by atoms with Crippen LogP contribution in [0.25, 0.3) is 11.3 Å². The Morgan fingerprint density at radius 1 is 0.964 bits per heavy atom. The fourth-order valence-corrected chi connectivity index (χ4v) is 3.88. The van der Waals surface area contributed by atoms with Crippen LogP contribution < -0.4 is 5.73 Å². The van der Waals surface area contributed by atoms with Crippen molar-refractivity contribution in [1.82, 2.24) is 9.97 Å². The molecule has 2 N–H and O–H groups in total. The van der Waals surface area contributed by atoms with Crippen molar-refractivity contribution >= 4 is 5.82 Å². The molecule has 0 unspecified atom stereocenters. The number of halogens is 1. The molecule has 1 heterocycles. The van der Waals surface area contributed by atoms with Gasteiger partial charge in [-0.2, -0.15) is 0 Å². The van der Waals surface area contributed by atoms with E-state index in [0.717, 1.165) is 31.2 Å². The molecule has 4 heteroatoms. The van der Waals surface area contributed by atoms with Gasteiger partial charge in [0.25, 0.3) is 0 Å². The average molecular weight is 375 g/mol. The molecule has 28 heavy (non-hydrogen) atoms. The Labute approximate surface area is 165 Å². The number of aromatic nitrogens is 2. The zero-order chi connectivity index (χ0) is 19.5. The van der Waals surface area contributed by atoms with Gasteiger partial charge in [-0.1, -0.05) is 43.7 Å². The zero-order valence-electron chi connectivity index (χ0n) is 16.3. The van der Waals surface area contributed by atoms with Gasteiger partial charge in [0.15, 0.2) is 0 Å². The van der Waals surface area contributed by atoms with E-state index in [1.54, 1.807) is 6.20 Å². The summed E-state index contributed by atoms with van der Waals surface area (Å²) in [6.45, 7) is 2.15. The first-order chi connectivity index (χ1) is 13.7. The van der Waals surface area contributed by atoms with Crippen molar-refractivity contribution in [3.05, 3.63) is 76.9 Å². The first-order valence-electron chi connectivity index (χ1n) is 10.1. The molecule has 0 radical (unpaired) electrons. The molecule has 1 aromatic heterocycles. The number of nitrogens with two attached hydrogens (primary N) is 1. The van der Waals surface area contributed by atoms with E-state index < -0.39 is 0 Å². The molecule has 1 saturated carbocycles. The van der Waals surface area contributed by atoms with Gasteiger partial charge in [-0.05, 0) is 66.3 Å². The predicted octanol–water partition coefficient (Wildman–Crippen LogP) is 5.48. The molecular weight excluding hydrogens is 349 g/mol. The summed E-state index contributed by atoms with van der Waals surface area (Å²) in [5.41, 5.74) is 11.2. The lowest BCUT2D eigenvalue weighted by Gasteiger charge is -2.29. The van der Waals surface area contributed by atoms with E-state index in [1.807, 2.05) is 6.07 Å². The summed E-state index contributed by atoms with van der Waals surface area (Å²) in [6.07, 6.45) is 9.11. The summed E-state index contributed by atoms with van der Waals surface area (Å²) in [7, 11) is 0. The van der Waals surface area contributed by atoms with E-state index in [4.69, 9.17) is 5.73 Å². The lowest BCUT2D eigenvalue weighted by Crippen LogP contribution is -2.13. The largest absolute Gasteiger partial charge is 0.382 e. The molecule has 144 valence electrons. The van der Waals surface area contributed by atoms with Crippen LogP contribution in [0.15, 0.2) is 48.8 Å². The van der Waals surface area contributed by atoms with Crippen molar-refractivity contribution in [2.24, 2.45) is 0 Å². The smallest absolute Gasteiger partial charge is 0.141 e. The van der Waals surface area contributed by atoms with Gasteiger partial charge >= 0.3 is 0 Å². The molecule has 0 spiro atoms. The Bertz CT molecular complexity index is 945. The van der Waals surface area contributed by atoms with Crippen LogP contribution in [0.1, 0.15) is 54.4 Å². The highest BCUT2D eigenvalue weighted by Gasteiger charge is 2.25. The third-order valence-corrected chi connectivity index (χ3v) is 5.87. The van der Waals surface area contributed by atoms with Gasteiger partial charge in [0.1, 0.15) is 11.6 Å². The van der Waals surface area contributed by atoms with Gasteiger partial charge in [0, 0.05) is 5.56 Å². The maximum absolute atomic E-state index is 15.6. The minimum absolute atomic E-state index is 0.159. The SMILES string of the molecule is CCc1ccc(CCc2c(C3CCC3)ccc(-c3cnc(N)cn3)c2F)cc1. The number of benzene rings is 2. The fourth-order valence-electron chi connectivity index (χ4n) is 3.88. The number of hydrogen-bond acceptors (Lipinski definition) is 3. The number of nitrogens with zero attached hydrogens (tertiary/aromatic N) is 2. The molecule has 0 bridgehead atoms. The molecule has 0 aliphatic heterocycles. The van der Waals surface area contributed by atoms with Crippen molar-refractivity contribution in [3.8, 4) is 11.3 Å². The number of nitrogen functional groups attached to an aromatic ring is 1. The summed E-state index contributed by atoms with van der Waals surface area (Å²) in [6, 6.07) is 12.6. The molecule has 2 aromatic carbocycles. The van der Waals surface area contributed by atoms with Crippen molar-refractivity contribution < 1.29 is 4.39 Å². The minimum Gasteiger partial charge on any atom is -0.382 e. The number of anilines is 1. The highest BCUT2D eigenvalue weighted by Crippen LogP contribution is 2.40. The van der Waals surface area contributed by atoms with Crippen molar-refractivity contribution in [2.75, 3.05) is 5.73 Å². The van der Waals surface area contributed by atoms with Gasteiger partial charge in [0.05, 0.1) is 18.1 Å². The fraction of sp³-hybridized carbons (Fsp3) is 0.333. The van der Waals surface area contributed by atoms with Crippen LogP contribution in [0.4, 0.5) is 10.2 Å². The second kappa shape index (κ2) is 8.09. The topological polar surface area (TPSA) is 51.8 Å². The van der Waals surface area contributed by atoms with Crippen LogP contribution in [0, 0.1) is 5.82 Å². The van der Waals surface area contributed by atoms with E-state index in [1.165, 1.54) is 29.3 Å². The summed E-state index contributed by atoms with van der Waals surface area (Å²) in [4.78, 5) is 8.34.